The summed E-state index contributed by atoms with van der Waals surface area (Å²) < 4.78 is 16.8. The van der Waals surface area contributed by atoms with Gasteiger partial charge in [-0.05, 0) is 128 Å². The topological polar surface area (TPSA) is 78.9 Å². The van der Waals surface area contributed by atoms with Gasteiger partial charge >= 0.3 is 17.9 Å². The molecule has 0 fully saturated rings. The van der Waals surface area contributed by atoms with E-state index in [0.717, 1.165) is 128 Å². The average Bonchev–Trinajstić information content (AvgIpc) is 3.37. The number of hydrogen-bond donors (Lipinski definition) is 0. The maximum absolute atomic E-state index is 12.9. The Kier molecular flexibility index (Phi) is 54.5. The second kappa shape index (κ2) is 58.1. The van der Waals surface area contributed by atoms with E-state index in [1.165, 1.54) is 64.2 Å². The molecule has 0 spiro atoms. The summed E-state index contributed by atoms with van der Waals surface area (Å²) in [4.78, 5) is 38.1. The zero-order valence-corrected chi connectivity index (χ0v) is 45.7. The van der Waals surface area contributed by atoms with Gasteiger partial charge < -0.3 is 14.2 Å². The van der Waals surface area contributed by atoms with Gasteiger partial charge in [-0.2, -0.15) is 0 Å². The van der Waals surface area contributed by atoms with Crippen LogP contribution in [0.1, 0.15) is 239 Å². The van der Waals surface area contributed by atoms with Crippen molar-refractivity contribution in [2.45, 2.75) is 245 Å². The van der Waals surface area contributed by atoms with Crippen LogP contribution in [0.3, 0.4) is 0 Å². The lowest BCUT2D eigenvalue weighted by Crippen LogP contribution is -2.30. The number of rotatable bonds is 50. The Morgan fingerprint density at radius 1 is 0.296 bits per heavy atom. The van der Waals surface area contributed by atoms with Crippen molar-refractivity contribution < 1.29 is 28.6 Å². The normalized spacial score (nSPS) is 13.1. The predicted octanol–water partition coefficient (Wildman–Crippen LogP) is 19.4. The first-order valence-corrected chi connectivity index (χ1v) is 28.7. The Morgan fingerprint density at radius 2 is 0.577 bits per heavy atom. The minimum absolute atomic E-state index is 0.119. The first-order chi connectivity index (χ1) is 35.0. The van der Waals surface area contributed by atoms with Gasteiger partial charge in [-0.3, -0.25) is 14.4 Å². The third-order valence-corrected chi connectivity index (χ3v) is 11.6. The highest BCUT2D eigenvalue weighted by molar-refractivity contribution is 5.71. The molecule has 0 aromatic rings. The third kappa shape index (κ3) is 56.3. The summed E-state index contributed by atoms with van der Waals surface area (Å²) in [5, 5.41) is 0. The second-order valence-corrected chi connectivity index (χ2v) is 18.5. The van der Waals surface area contributed by atoms with Crippen LogP contribution in [-0.4, -0.2) is 37.2 Å². The first-order valence-electron chi connectivity index (χ1n) is 28.7. The lowest BCUT2D eigenvalue weighted by atomic mass is 10.1. The highest BCUT2D eigenvalue weighted by atomic mass is 16.6. The fourth-order valence-electron chi connectivity index (χ4n) is 7.33. The summed E-state index contributed by atoms with van der Waals surface area (Å²) in [6.07, 6.45) is 81.6. The molecule has 0 aliphatic carbocycles. The van der Waals surface area contributed by atoms with Gasteiger partial charge in [-0.25, -0.2) is 0 Å². The van der Waals surface area contributed by atoms with Gasteiger partial charge in [0.25, 0.3) is 0 Å². The van der Waals surface area contributed by atoms with E-state index in [0.29, 0.717) is 12.8 Å². The summed E-state index contributed by atoms with van der Waals surface area (Å²) in [7, 11) is 0. The quantitative estimate of drug-likeness (QED) is 0.0262. The molecule has 400 valence electrons. The predicted molar refractivity (Wildman–Crippen MR) is 306 cm³/mol. The molecule has 0 bridgehead atoms. The van der Waals surface area contributed by atoms with E-state index in [1.807, 2.05) is 12.2 Å². The van der Waals surface area contributed by atoms with Crippen LogP contribution in [0.5, 0.6) is 0 Å². The number of carbonyl (C=O) groups is 3. The molecule has 0 N–H and O–H groups in total. The number of unbranched alkanes of at least 4 members (excludes halogenated alkanes) is 17. The molecule has 0 amide bonds. The van der Waals surface area contributed by atoms with Gasteiger partial charge in [-0.1, -0.05) is 225 Å². The molecule has 0 saturated carbocycles. The number of carbonyl (C=O) groups excluding carboxylic acids is 3. The van der Waals surface area contributed by atoms with E-state index in [-0.39, 0.29) is 44.0 Å². The molecule has 0 aromatic carbocycles. The Hall–Kier alpha value is -4.45. The standard InChI is InChI=1S/C65H104O6/c1-4-7-10-13-16-19-22-25-28-30-32-34-37-40-43-46-49-52-55-58-64(67)70-61-62(60-69-63(66)57-54-51-48-45-42-39-36-27-24-21-18-15-12-9-6-3)71-65(68)59-56-53-50-47-44-41-38-35-33-31-29-26-23-20-17-14-11-8-5-2/h7,10,16-21,25-29,32-36,40,43,49,52,62H,4-6,8-9,11-15,22-24,30-31,37-39,41-42,44-48,50-51,53-61H2,1-3H3/b10-7-,19-16-,20-17-,21-18-,28-25-,29-26-,34-32-,35-33-,36-27-,43-40-,52-49-. The minimum atomic E-state index is -0.827. The number of esters is 3. The average molecular weight is 982 g/mol. The van der Waals surface area contributed by atoms with Crippen molar-refractivity contribution in [2.75, 3.05) is 13.2 Å². The fourth-order valence-corrected chi connectivity index (χ4v) is 7.33. The van der Waals surface area contributed by atoms with Gasteiger partial charge in [0.2, 0.25) is 0 Å². The first kappa shape index (κ1) is 66.6. The highest BCUT2D eigenvalue weighted by Gasteiger charge is 2.19. The van der Waals surface area contributed by atoms with Crippen molar-refractivity contribution in [1.29, 1.82) is 0 Å². The van der Waals surface area contributed by atoms with Crippen LogP contribution in [0.4, 0.5) is 0 Å². The molecular formula is C65H104O6. The van der Waals surface area contributed by atoms with Crippen molar-refractivity contribution in [2.24, 2.45) is 0 Å². The zero-order chi connectivity index (χ0) is 51.4. The summed E-state index contributed by atoms with van der Waals surface area (Å²) >= 11 is 0. The Morgan fingerprint density at radius 3 is 0.944 bits per heavy atom. The molecule has 0 rings (SSSR count). The molecule has 1 atom stereocenters. The molecule has 71 heavy (non-hydrogen) atoms. The molecule has 0 aliphatic heterocycles. The summed E-state index contributed by atoms with van der Waals surface area (Å²) in [5.74, 6) is -1.04. The van der Waals surface area contributed by atoms with E-state index in [2.05, 4.69) is 142 Å². The van der Waals surface area contributed by atoms with Gasteiger partial charge in [-0.15, -0.1) is 0 Å². The van der Waals surface area contributed by atoms with E-state index in [4.69, 9.17) is 14.2 Å². The summed E-state index contributed by atoms with van der Waals surface area (Å²) in [6, 6.07) is 0. The van der Waals surface area contributed by atoms with E-state index in [1.54, 1.807) is 0 Å². The lowest BCUT2D eigenvalue weighted by molar-refractivity contribution is -0.166. The smallest absolute Gasteiger partial charge is 0.306 e. The molecule has 0 aromatic heterocycles. The molecule has 0 heterocycles. The monoisotopic (exact) mass is 981 g/mol. The van der Waals surface area contributed by atoms with Crippen LogP contribution in [0.15, 0.2) is 134 Å². The second-order valence-electron chi connectivity index (χ2n) is 18.5. The van der Waals surface area contributed by atoms with Crippen molar-refractivity contribution in [1.82, 2.24) is 0 Å². The van der Waals surface area contributed by atoms with Crippen LogP contribution in [-0.2, 0) is 28.6 Å². The van der Waals surface area contributed by atoms with Gasteiger partial charge in [0.05, 0.1) is 0 Å². The summed E-state index contributed by atoms with van der Waals surface area (Å²) in [6.45, 7) is 6.37. The van der Waals surface area contributed by atoms with Crippen LogP contribution < -0.4 is 0 Å². The Bertz CT molecular complexity index is 1550. The SMILES string of the molecule is CC/C=C\C/C=C\C/C=C\C/C=C\C/C=C\C/C=C\CCC(=O)OCC(COC(=O)CCCCCCC/C=C\C/C=C\CCCCC)OC(=O)CCCCCCCC/C=C\C/C=C\C/C=C\CCCCC. The minimum Gasteiger partial charge on any atom is -0.462 e. The van der Waals surface area contributed by atoms with Crippen molar-refractivity contribution in [3.05, 3.63) is 134 Å². The van der Waals surface area contributed by atoms with Crippen molar-refractivity contribution >= 4 is 17.9 Å². The molecule has 0 aliphatic rings. The summed E-state index contributed by atoms with van der Waals surface area (Å²) in [5.41, 5.74) is 0. The van der Waals surface area contributed by atoms with Crippen molar-refractivity contribution in [3.8, 4) is 0 Å². The largest absolute Gasteiger partial charge is 0.462 e. The van der Waals surface area contributed by atoms with Crippen LogP contribution in [0, 0.1) is 0 Å². The number of allylic oxidation sites excluding steroid dienone is 22. The molecule has 1 unspecified atom stereocenters. The Labute approximate surface area is 436 Å². The molecular weight excluding hydrogens is 877 g/mol. The van der Waals surface area contributed by atoms with E-state index < -0.39 is 6.10 Å². The van der Waals surface area contributed by atoms with Crippen LogP contribution >= 0.6 is 0 Å². The van der Waals surface area contributed by atoms with Crippen molar-refractivity contribution in [3.63, 3.8) is 0 Å². The zero-order valence-electron chi connectivity index (χ0n) is 45.7. The molecule has 0 radical (unpaired) electrons. The van der Waals surface area contributed by atoms with Crippen LogP contribution in [0.2, 0.25) is 0 Å². The molecule has 0 saturated heterocycles. The lowest BCUT2D eigenvalue weighted by Gasteiger charge is -2.18. The van der Waals surface area contributed by atoms with Gasteiger partial charge in [0, 0.05) is 19.3 Å². The third-order valence-electron chi connectivity index (χ3n) is 11.6. The molecule has 6 nitrogen and oxygen atoms in total. The number of hydrogen-bond acceptors (Lipinski definition) is 6. The number of ether oxygens (including phenoxy) is 3. The van der Waals surface area contributed by atoms with Gasteiger partial charge in [0.1, 0.15) is 13.2 Å². The van der Waals surface area contributed by atoms with Crippen LogP contribution in [0.25, 0.3) is 0 Å². The maximum Gasteiger partial charge on any atom is 0.306 e. The fraction of sp³-hybridized carbons (Fsp3) is 0.615. The Balaban J connectivity index is 4.57. The van der Waals surface area contributed by atoms with E-state index >= 15 is 0 Å². The maximum atomic E-state index is 12.9. The van der Waals surface area contributed by atoms with Gasteiger partial charge in [0.15, 0.2) is 6.10 Å². The highest BCUT2D eigenvalue weighted by Crippen LogP contribution is 2.13. The van der Waals surface area contributed by atoms with E-state index in [9.17, 15) is 14.4 Å². The molecule has 6 heteroatoms.